The lowest BCUT2D eigenvalue weighted by molar-refractivity contribution is 0.508. The fraction of sp³-hybridized carbons (Fsp3) is 0.625. The van der Waals surface area contributed by atoms with Gasteiger partial charge in [0.05, 0.1) is 0 Å². The number of hydrogen-bond acceptors (Lipinski definition) is 1. The SMILES string of the molecule is CC(C)CNCCCCCCc1c(F)cc(F)cc1F. The molecule has 20 heavy (non-hydrogen) atoms. The first-order valence-electron chi connectivity index (χ1n) is 7.35. The second kappa shape index (κ2) is 9.01. The van der Waals surface area contributed by atoms with E-state index in [2.05, 4.69) is 19.2 Å². The molecule has 0 saturated carbocycles. The van der Waals surface area contributed by atoms with E-state index in [1.54, 1.807) is 0 Å². The van der Waals surface area contributed by atoms with Crippen LogP contribution >= 0.6 is 0 Å². The molecule has 4 heteroatoms. The summed E-state index contributed by atoms with van der Waals surface area (Å²) in [6.07, 6.45) is 4.09. The van der Waals surface area contributed by atoms with Crippen LogP contribution in [0.5, 0.6) is 0 Å². The van der Waals surface area contributed by atoms with E-state index in [-0.39, 0.29) is 5.56 Å². The van der Waals surface area contributed by atoms with E-state index in [0.717, 1.165) is 50.9 Å². The van der Waals surface area contributed by atoms with E-state index >= 15 is 0 Å². The van der Waals surface area contributed by atoms with Crippen molar-refractivity contribution in [1.29, 1.82) is 0 Å². The van der Waals surface area contributed by atoms with Crippen molar-refractivity contribution < 1.29 is 13.2 Å². The molecule has 114 valence electrons. The minimum atomic E-state index is -0.861. The molecule has 1 N–H and O–H groups in total. The van der Waals surface area contributed by atoms with Crippen molar-refractivity contribution >= 4 is 0 Å². The molecular weight excluding hydrogens is 263 g/mol. The van der Waals surface area contributed by atoms with Crippen LogP contribution in [0.4, 0.5) is 13.2 Å². The standard InChI is InChI=1S/C16H24F3N/c1-12(2)11-20-8-6-4-3-5-7-14-15(18)9-13(17)10-16(14)19/h9-10,12,20H,3-8,11H2,1-2H3. The molecule has 1 aromatic carbocycles. The molecule has 0 aromatic heterocycles. The molecule has 0 radical (unpaired) electrons. The van der Waals surface area contributed by atoms with Crippen molar-refractivity contribution in [1.82, 2.24) is 5.32 Å². The summed E-state index contributed by atoms with van der Waals surface area (Å²) in [5.74, 6) is -1.76. The monoisotopic (exact) mass is 287 g/mol. The molecule has 0 aliphatic rings. The molecule has 0 unspecified atom stereocenters. The Bertz CT molecular complexity index is 382. The Morgan fingerprint density at radius 3 is 2.15 bits per heavy atom. The normalized spacial score (nSPS) is 11.3. The van der Waals surface area contributed by atoms with Crippen LogP contribution in [0.2, 0.25) is 0 Å². The largest absolute Gasteiger partial charge is 0.316 e. The maximum absolute atomic E-state index is 13.4. The van der Waals surface area contributed by atoms with Crippen LogP contribution in [0.1, 0.15) is 45.1 Å². The lowest BCUT2D eigenvalue weighted by Gasteiger charge is -2.07. The molecule has 0 atom stereocenters. The number of unbranched alkanes of at least 4 members (excludes halogenated alkanes) is 3. The van der Waals surface area contributed by atoms with Crippen LogP contribution in [-0.2, 0) is 6.42 Å². The zero-order chi connectivity index (χ0) is 15.0. The van der Waals surface area contributed by atoms with Crippen LogP contribution in [0.25, 0.3) is 0 Å². The lowest BCUT2D eigenvalue weighted by atomic mass is 10.0. The predicted molar refractivity (Wildman–Crippen MR) is 76.2 cm³/mol. The van der Waals surface area contributed by atoms with Gasteiger partial charge >= 0.3 is 0 Å². The zero-order valence-electron chi connectivity index (χ0n) is 12.3. The molecule has 0 aliphatic carbocycles. The number of rotatable bonds is 9. The summed E-state index contributed by atoms with van der Waals surface area (Å²) in [5, 5.41) is 3.36. The number of hydrogen-bond donors (Lipinski definition) is 1. The molecule has 0 bridgehead atoms. The second-order valence-electron chi connectivity index (χ2n) is 5.61. The quantitative estimate of drug-likeness (QED) is 0.662. The highest BCUT2D eigenvalue weighted by Crippen LogP contribution is 2.17. The van der Waals surface area contributed by atoms with Gasteiger partial charge in [0.25, 0.3) is 0 Å². The molecule has 1 nitrogen and oxygen atoms in total. The predicted octanol–water partition coefficient (Wildman–Crippen LogP) is 4.45. The van der Waals surface area contributed by atoms with Gasteiger partial charge in [-0.1, -0.05) is 26.7 Å². The Kier molecular flexibility index (Phi) is 7.67. The van der Waals surface area contributed by atoms with Gasteiger partial charge in [-0.15, -0.1) is 0 Å². The second-order valence-corrected chi connectivity index (χ2v) is 5.61. The van der Waals surface area contributed by atoms with Crippen molar-refractivity contribution in [2.24, 2.45) is 5.92 Å². The number of benzene rings is 1. The molecule has 1 aromatic rings. The molecule has 0 fully saturated rings. The number of nitrogens with one attached hydrogen (secondary N) is 1. The van der Waals surface area contributed by atoms with Gasteiger partial charge in [-0.2, -0.15) is 0 Å². The maximum Gasteiger partial charge on any atom is 0.132 e. The first-order valence-corrected chi connectivity index (χ1v) is 7.35. The van der Waals surface area contributed by atoms with Crippen molar-refractivity contribution in [3.63, 3.8) is 0 Å². The van der Waals surface area contributed by atoms with Crippen LogP contribution < -0.4 is 5.32 Å². The summed E-state index contributed by atoms with van der Waals surface area (Å²) in [6.45, 7) is 6.33. The Morgan fingerprint density at radius 1 is 0.950 bits per heavy atom. The minimum absolute atomic E-state index is 0.00401. The molecule has 0 saturated heterocycles. The molecule has 0 aliphatic heterocycles. The number of halogens is 3. The van der Waals surface area contributed by atoms with Crippen molar-refractivity contribution in [2.45, 2.75) is 46.0 Å². The summed E-state index contributed by atoms with van der Waals surface area (Å²) in [5.41, 5.74) is 0.00401. The summed E-state index contributed by atoms with van der Waals surface area (Å²) >= 11 is 0. The summed E-state index contributed by atoms with van der Waals surface area (Å²) in [4.78, 5) is 0. The highest BCUT2D eigenvalue weighted by Gasteiger charge is 2.10. The van der Waals surface area contributed by atoms with Crippen LogP contribution in [0.15, 0.2) is 12.1 Å². The van der Waals surface area contributed by atoms with Gasteiger partial charge in [0.2, 0.25) is 0 Å². The highest BCUT2D eigenvalue weighted by molar-refractivity contribution is 5.20. The Hall–Kier alpha value is -1.03. The van der Waals surface area contributed by atoms with Gasteiger partial charge in [0, 0.05) is 17.7 Å². The van der Waals surface area contributed by atoms with Gasteiger partial charge in [-0.3, -0.25) is 0 Å². The average molecular weight is 287 g/mol. The Morgan fingerprint density at radius 2 is 1.55 bits per heavy atom. The van der Waals surface area contributed by atoms with E-state index < -0.39 is 17.5 Å². The summed E-state index contributed by atoms with van der Waals surface area (Å²) < 4.78 is 39.5. The molecular formula is C16H24F3N. The highest BCUT2D eigenvalue weighted by atomic mass is 19.1. The molecule has 0 amide bonds. The maximum atomic E-state index is 13.4. The molecule has 0 heterocycles. The van der Waals surface area contributed by atoms with E-state index in [4.69, 9.17) is 0 Å². The van der Waals surface area contributed by atoms with Crippen molar-refractivity contribution in [3.8, 4) is 0 Å². The van der Waals surface area contributed by atoms with E-state index in [0.29, 0.717) is 12.3 Å². The van der Waals surface area contributed by atoms with Crippen molar-refractivity contribution in [3.05, 3.63) is 35.1 Å². The van der Waals surface area contributed by atoms with Crippen LogP contribution in [-0.4, -0.2) is 13.1 Å². The fourth-order valence-corrected chi connectivity index (χ4v) is 2.11. The fourth-order valence-electron chi connectivity index (χ4n) is 2.11. The van der Waals surface area contributed by atoms with Crippen LogP contribution in [0, 0.1) is 23.4 Å². The van der Waals surface area contributed by atoms with Gasteiger partial charge < -0.3 is 5.32 Å². The Balaban J connectivity index is 2.16. The first kappa shape index (κ1) is 17.0. The van der Waals surface area contributed by atoms with Gasteiger partial charge in [-0.25, -0.2) is 13.2 Å². The van der Waals surface area contributed by atoms with Crippen molar-refractivity contribution in [2.75, 3.05) is 13.1 Å². The molecule has 0 spiro atoms. The smallest absolute Gasteiger partial charge is 0.132 e. The molecule has 1 rings (SSSR count). The van der Waals surface area contributed by atoms with E-state index in [1.165, 1.54) is 0 Å². The van der Waals surface area contributed by atoms with Gasteiger partial charge in [0.1, 0.15) is 17.5 Å². The topological polar surface area (TPSA) is 12.0 Å². The third kappa shape index (κ3) is 6.42. The lowest BCUT2D eigenvalue weighted by Crippen LogP contribution is -2.20. The summed E-state index contributed by atoms with van der Waals surface area (Å²) in [6, 6.07) is 1.49. The van der Waals surface area contributed by atoms with Gasteiger partial charge in [-0.05, 0) is 38.3 Å². The average Bonchev–Trinajstić information content (AvgIpc) is 2.34. The van der Waals surface area contributed by atoms with E-state index in [9.17, 15) is 13.2 Å². The first-order chi connectivity index (χ1) is 9.50. The Labute approximate surface area is 119 Å². The van der Waals surface area contributed by atoms with Crippen LogP contribution in [0.3, 0.4) is 0 Å². The third-order valence-electron chi connectivity index (χ3n) is 3.19. The van der Waals surface area contributed by atoms with Gasteiger partial charge in [0.15, 0.2) is 0 Å². The van der Waals surface area contributed by atoms with E-state index in [1.807, 2.05) is 0 Å². The zero-order valence-corrected chi connectivity index (χ0v) is 12.3. The third-order valence-corrected chi connectivity index (χ3v) is 3.19. The summed E-state index contributed by atoms with van der Waals surface area (Å²) in [7, 11) is 0. The minimum Gasteiger partial charge on any atom is -0.316 e.